The summed E-state index contributed by atoms with van der Waals surface area (Å²) in [7, 11) is 0. The van der Waals surface area contributed by atoms with Gasteiger partial charge in [0, 0.05) is 0 Å². The van der Waals surface area contributed by atoms with Crippen molar-refractivity contribution in [2.24, 2.45) is 5.92 Å². The van der Waals surface area contributed by atoms with Gasteiger partial charge in [0.25, 0.3) is 0 Å². The summed E-state index contributed by atoms with van der Waals surface area (Å²) < 4.78 is -0.889. The maximum absolute atomic E-state index is 8.98. The summed E-state index contributed by atoms with van der Waals surface area (Å²) in [6.45, 7) is 2.30. The number of carbonyl (C=O) groups excluding carboxylic acids is 1. The second kappa shape index (κ2) is 8.83. The Labute approximate surface area is 90.8 Å². The Balaban J connectivity index is 0.000000310. The van der Waals surface area contributed by atoms with Crippen LogP contribution < -0.4 is 0 Å². The Morgan fingerprint density at radius 3 is 2.08 bits per heavy atom. The number of hydrogen-bond acceptors (Lipinski definition) is 1. The molecule has 0 atom stereocenters. The van der Waals surface area contributed by atoms with Crippen LogP contribution in [0.4, 0.5) is 4.79 Å². The molecule has 0 aromatic carbocycles. The molecule has 1 fully saturated rings. The average Bonchev–Trinajstić information content (AvgIpc) is 2.06. The Morgan fingerprint density at radius 1 is 1.23 bits per heavy atom. The van der Waals surface area contributed by atoms with Crippen LogP contribution in [0, 0.1) is 5.92 Å². The summed E-state index contributed by atoms with van der Waals surface area (Å²) in [6.07, 6.45) is 10.4. The minimum absolute atomic E-state index is 0.889. The largest absolute Gasteiger partial charge is 0.313 e. The first-order valence-corrected chi connectivity index (χ1v) is 5.77. The van der Waals surface area contributed by atoms with E-state index in [0.717, 1.165) is 5.92 Å². The molecule has 1 nitrogen and oxygen atoms in total. The van der Waals surface area contributed by atoms with Gasteiger partial charge >= 0.3 is 4.70 Å². The molecule has 0 aromatic rings. The highest BCUT2D eigenvalue weighted by Gasteiger charge is 2.10. The van der Waals surface area contributed by atoms with Gasteiger partial charge in [-0.1, -0.05) is 51.9 Å². The molecule has 0 amide bonds. The van der Waals surface area contributed by atoms with Gasteiger partial charge in [0.2, 0.25) is 0 Å². The Bertz CT molecular complexity index is 124. The third-order valence-electron chi connectivity index (χ3n) is 2.42. The third kappa shape index (κ3) is 10.2. The van der Waals surface area contributed by atoms with Gasteiger partial charge in [-0.2, -0.15) is 0 Å². The number of rotatable bonds is 2. The quantitative estimate of drug-likeness (QED) is 0.607. The van der Waals surface area contributed by atoms with E-state index in [2.05, 4.69) is 30.1 Å². The van der Waals surface area contributed by atoms with E-state index in [1.807, 2.05) is 0 Å². The van der Waals surface area contributed by atoms with Crippen molar-refractivity contribution in [1.82, 2.24) is 0 Å². The Kier molecular flexibility index (Phi) is 9.00. The molecule has 0 bridgehead atoms. The topological polar surface area (TPSA) is 17.1 Å². The van der Waals surface area contributed by atoms with Crippen molar-refractivity contribution >= 4 is 27.9 Å². The summed E-state index contributed by atoms with van der Waals surface area (Å²) in [4.78, 5) is 8.98. The monoisotopic (exact) mass is 224 g/mol. The number of halogens is 2. The highest BCUT2D eigenvalue weighted by atomic mass is 35.5. The molecule has 1 aliphatic rings. The van der Waals surface area contributed by atoms with E-state index in [4.69, 9.17) is 4.79 Å². The molecule has 0 unspecified atom stereocenters. The lowest BCUT2D eigenvalue weighted by atomic mass is 9.86. The lowest BCUT2D eigenvalue weighted by molar-refractivity contribution is 0.275. The van der Waals surface area contributed by atoms with Crippen LogP contribution in [0.15, 0.2) is 0 Å². The van der Waals surface area contributed by atoms with Crippen molar-refractivity contribution in [3.05, 3.63) is 0 Å². The molecular formula is C10H18Cl2O. The lowest BCUT2D eigenvalue weighted by Gasteiger charge is -2.20. The standard InChI is InChI=1S/C9H18.CCl2O/c1-2-6-9-7-4-3-5-8-9;2-1(3)4/h9H,2-8H2,1H3;. The van der Waals surface area contributed by atoms with E-state index >= 15 is 0 Å². The molecule has 0 aliphatic heterocycles. The first-order chi connectivity index (χ1) is 6.16. The van der Waals surface area contributed by atoms with Crippen LogP contribution in [0.3, 0.4) is 0 Å². The molecule has 1 saturated carbocycles. The maximum Gasteiger partial charge on any atom is 0.313 e. The Morgan fingerprint density at radius 2 is 1.69 bits per heavy atom. The van der Waals surface area contributed by atoms with Gasteiger partial charge in [-0.25, -0.2) is 0 Å². The zero-order chi connectivity index (χ0) is 10.1. The fourth-order valence-corrected chi connectivity index (χ4v) is 1.88. The van der Waals surface area contributed by atoms with Crippen LogP contribution >= 0.6 is 23.2 Å². The average molecular weight is 225 g/mol. The van der Waals surface area contributed by atoms with Crippen molar-refractivity contribution in [1.29, 1.82) is 0 Å². The SMILES string of the molecule is CCCC1CCCCC1.O=C(Cl)Cl. The predicted octanol–water partition coefficient (Wildman–Crippen LogP) is 4.95. The zero-order valence-electron chi connectivity index (χ0n) is 8.19. The molecule has 0 saturated heterocycles. The van der Waals surface area contributed by atoms with Gasteiger partial charge in [-0.3, -0.25) is 4.79 Å². The normalized spacial score (nSPS) is 17.5. The van der Waals surface area contributed by atoms with Gasteiger partial charge in [-0.15, -0.1) is 0 Å². The van der Waals surface area contributed by atoms with E-state index in [1.165, 1.54) is 44.9 Å². The molecule has 3 heteroatoms. The van der Waals surface area contributed by atoms with Crippen LogP contribution in [0.5, 0.6) is 0 Å². The second-order valence-electron chi connectivity index (χ2n) is 3.52. The summed E-state index contributed by atoms with van der Waals surface area (Å²) in [5.74, 6) is 1.10. The fourth-order valence-electron chi connectivity index (χ4n) is 1.88. The fraction of sp³-hybridized carbons (Fsp3) is 0.900. The van der Waals surface area contributed by atoms with Crippen LogP contribution in [-0.2, 0) is 0 Å². The van der Waals surface area contributed by atoms with Crippen LogP contribution in [0.1, 0.15) is 51.9 Å². The van der Waals surface area contributed by atoms with E-state index in [-0.39, 0.29) is 0 Å². The lowest BCUT2D eigenvalue weighted by Crippen LogP contribution is -2.04. The van der Waals surface area contributed by atoms with Crippen LogP contribution in [0.2, 0.25) is 0 Å². The van der Waals surface area contributed by atoms with Crippen LogP contribution in [0.25, 0.3) is 0 Å². The zero-order valence-corrected chi connectivity index (χ0v) is 9.70. The van der Waals surface area contributed by atoms with E-state index in [0.29, 0.717) is 0 Å². The molecule has 0 N–H and O–H groups in total. The highest BCUT2D eigenvalue weighted by Crippen LogP contribution is 2.26. The van der Waals surface area contributed by atoms with Gasteiger partial charge in [0.05, 0.1) is 0 Å². The minimum Gasteiger partial charge on any atom is -0.262 e. The van der Waals surface area contributed by atoms with Gasteiger partial charge < -0.3 is 0 Å². The van der Waals surface area contributed by atoms with Gasteiger partial charge in [0.1, 0.15) is 0 Å². The number of carbonyl (C=O) groups is 1. The van der Waals surface area contributed by atoms with E-state index < -0.39 is 4.70 Å². The molecule has 1 rings (SSSR count). The van der Waals surface area contributed by atoms with Crippen molar-refractivity contribution in [2.75, 3.05) is 0 Å². The second-order valence-corrected chi connectivity index (χ2v) is 4.40. The van der Waals surface area contributed by atoms with Gasteiger partial charge in [0.15, 0.2) is 0 Å². The number of hydrogen-bond donors (Lipinski definition) is 0. The first kappa shape index (κ1) is 13.2. The minimum atomic E-state index is -0.889. The molecule has 0 spiro atoms. The summed E-state index contributed by atoms with van der Waals surface area (Å²) in [5, 5.41) is 0. The molecule has 78 valence electrons. The maximum atomic E-state index is 8.98. The van der Waals surface area contributed by atoms with Crippen molar-refractivity contribution in [2.45, 2.75) is 51.9 Å². The Hall–Kier alpha value is 0.250. The van der Waals surface area contributed by atoms with Gasteiger partial charge in [-0.05, 0) is 29.1 Å². The molecule has 13 heavy (non-hydrogen) atoms. The molecule has 0 radical (unpaired) electrons. The van der Waals surface area contributed by atoms with Crippen molar-refractivity contribution in [3.8, 4) is 0 Å². The predicted molar refractivity (Wildman–Crippen MR) is 58.6 cm³/mol. The summed E-state index contributed by atoms with van der Waals surface area (Å²) in [5.41, 5.74) is 0. The summed E-state index contributed by atoms with van der Waals surface area (Å²) in [6, 6.07) is 0. The summed E-state index contributed by atoms with van der Waals surface area (Å²) >= 11 is 8.80. The molecule has 1 aliphatic carbocycles. The van der Waals surface area contributed by atoms with E-state index in [9.17, 15) is 0 Å². The van der Waals surface area contributed by atoms with E-state index in [1.54, 1.807) is 0 Å². The molecule has 0 heterocycles. The van der Waals surface area contributed by atoms with Crippen molar-refractivity contribution in [3.63, 3.8) is 0 Å². The van der Waals surface area contributed by atoms with Crippen LogP contribution in [-0.4, -0.2) is 4.70 Å². The first-order valence-electron chi connectivity index (χ1n) is 5.01. The molecule has 0 aromatic heterocycles. The van der Waals surface area contributed by atoms with Crippen molar-refractivity contribution < 1.29 is 4.79 Å². The molecular weight excluding hydrogens is 207 g/mol. The third-order valence-corrected chi connectivity index (χ3v) is 2.42. The highest BCUT2D eigenvalue weighted by molar-refractivity contribution is 6.93. The smallest absolute Gasteiger partial charge is 0.262 e.